The Morgan fingerprint density at radius 2 is 1.86 bits per heavy atom. The van der Waals surface area contributed by atoms with E-state index in [0.29, 0.717) is 24.2 Å². The van der Waals surface area contributed by atoms with E-state index in [-0.39, 0.29) is 5.82 Å². The standard InChI is InChI=1S/C24H22FNO3/c1-15-7-5-6-10-19(15)20-14-18(25)12-17-13-22(29-23(17)20)21(26-24(27)28)11-16-8-3-2-4-9-16/h2-10,12,14,21-22,26H,11,13H2,1H3,(H,27,28). The first-order valence-electron chi connectivity index (χ1n) is 9.59. The molecule has 5 heteroatoms. The molecule has 1 aliphatic rings. The van der Waals surface area contributed by atoms with E-state index in [2.05, 4.69) is 5.32 Å². The van der Waals surface area contributed by atoms with E-state index < -0.39 is 18.2 Å². The van der Waals surface area contributed by atoms with E-state index in [9.17, 15) is 14.3 Å². The van der Waals surface area contributed by atoms with Crippen molar-refractivity contribution in [2.75, 3.05) is 0 Å². The molecule has 2 atom stereocenters. The van der Waals surface area contributed by atoms with Crippen LogP contribution in [0.2, 0.25) is 0 Å². The number of ether oxygens (including phenoxy) is 1. The van der Waals surface area contributed by atoms with Gasteiger partial charge in [-0.3, -0.25) is 0 Å². The van der Waals surface area contributed by atoms with E-state index in [1.807, 2.05) is 61.5 Å². The number of carboxylic acid groups (broad SMARTS) is 1. The fourth-order valence-electron chi connectivity index (χ4n) is 3.95. The van der Waals surface area contributed by atoms with Crippen LogP contribution >= 0.6 is 0 Å². The fourth-order valence-corrected chi connectivity index (χ4v) is 3.95. The minimum absolute atomic E-state index is 0.322. The van der Waals surface area contributed by atoms with Crippen molar-refractivity contribution in [3.63, 3.8) is 0 Å². The van der Waals surface area contributed by atoms with Crippen LogP contribution < -0.4 is 10.1 Å². The van der Waals surface area contributed by atoms with Crippen LogP contribution in [0.25, 0.3) is 11.1 Å². The zero-order valence-corrected chi connectivity index (χ0v) is 16.1. The molecule has 1 heterocycles. The van der Waals surface area contributed by atoms with Crippen LogP contribution in [0.5, 0.6) is 5.75 Å². The van der Waals surface area contributed by atoms with Crippen LogP contribution in [0.15, 0.2) is 66.7 Å². The van der Waals surface area contributed by atoms with Crippen LogP contribution in [-0.2, 0) is 12.8 Å². The molecule has 29 heavy (non-hydrogen) atoms. The summed E-state index contributed by atoms with van der Waals surface area (Å²) in [7, 11) is 0. The molecule has 1 aliphatic heterocycles. The summed E-state index contributed by atoms with van der Waals surface area (Å²) in [5.41, 5.74) is 4.41. The van der Waals surface area contributed by atoms with Crippen molar-refractivity contribution in [2.45, 2.75) is 31.9 Å². The van der Waals surface area contributed by atoms with Gasteiger partial charge in [-0.05, 0) is 42.2 Å². The second-order valence-electron chi connectivity index (χ2n) is 7.36. The van der Waals surface area contributed by atoms with Gasteiger partial charge in [0.15, 0.2) is 0 Å². The molecule has 3 aromatic rings. The fraction of sp³-hybridized carbons (Fsp3) is 0.208. The number of rotatable bonds is 5. The van der Waals surface area contributed by atoms with Gasteiger partial charge in [-0.1, -0.05) is 54.6 Å². The lowest BCUT2D eigenvalue weighted by atomic mass is 9.95. The largest absolute Gasteiger partial charge is 0.487 e. The van der Waals surface area contributed by atoms with Gasteiger partial charge in [0.2, 0.25) is 0 Å². The molecule has 0 bridgehead atoms. The third-order valence-electron chi connectivity index (χ3n) is 5.31. The summed E-state index contributed by atoms with van der Waals surface area (Å²) in [5.74, 6) is 0.313. The first-order valence-corrected chi connectivity index (χ1v) is 9.59. The summed E-state index contributed by atoms with van der Waals surface area (Å²) in [4.78, 5) is 11.4. The molecule has 0 spiro atoms. The maximum absolute atomic E-state index is 14.4. The Labute approximate surface area is 169 Å². The Hall–Kier alpha value is -3.34. The SMILES string of the molecule is Cc1ccccc1-c1cc(F)cc2c1OC(C(Cc1ccccc1)NC(=O)O)C2. The summed E-state index contributed by atoms with van der Waals surface area (Å²) in [6.07, 6.45) is -0.570. The van der Waals surface area contributed by atoms with Gasteiger partial charge in [-0.2, -0.15) is 0 Å². The average Bonchev–Trinajstić information content (AvgIpc) is 3.12. The zero-order chi connectivity index (χ0) is 20.4. The predicted octanol–water partition coefficient (Wildman–Crippen LogP) is 4.98. The van der Waals surface area contributed by atoms with E-state index in [4.69, 9.17) is 4.74 Å². The number of halogens is 1. The average molecular weight is 391 g/mol. The summed E-state index contributed by atoms with van der Waals surface area (Å²) in [6, 6.07) is 20.0. The van der Waals surface area contributed by atoms with Gasteiger partial charge < -0.3 is 15.2 Å². The van der Waals surface area contributed by atoms with Crippen molar-refractivity contribution < 1.29 is 19.0 Å². The van der Waals surface area contributed by atoms with E-state index in [1.54, 1.807) is 0 Å². The third-order valence-corrected chi connectivity index (χ3v) is 5.31. The van der Waals surface area contributed by atoms with Crippen molar-refractivity contribution in [1.82, 2.24) is 5.32 Å². The zero-order valence-electron chi connectivity index (χ0n) is 16.1. The molecule has 0 radical (unpaired) electrons. The molecule has 0 aromatic heterocycles. The maximum Gasteiger partial charge on any atom is 0.405 e. The Balaban J connectivity index is 1.67. The van der Waals surface area contributed by atoms with Gasteiger partial charge in [-0.15, -0.1) is 0 Å². The van der Waals surface area contributed by atoms with E-state index >= 15 is 0 Å². The normalized spacial score (nSPS) is 16.0. The minimum Gasteiger partial charge on any atom is -0.487 e. The van der Waals surface area contributed by atoms with Gasteiger partial charge in [0.1, 0.15) is 17.7 Å². The molecule has 1 amide bonds. The highest BCUT2D eigenvalue weighted by molar-refractivity contribution is 5.75. The number of amides is 1. The van der Waals surface area contributed by atoms with Crippen molar-refractivity contribution in [3.05, 3.63) is 89.2 Å². The maximum atomic E-state index is 14.4. The number of nitrogens with one attached hydrogen (secondary N) is 1. The van der Waals surface area contributed by atoms with Crippen LogP contribution in [-0.4, -0.2) is 23.3 Å². The number of hydrogen-bond acceptors (Lipinski definition) is 2. The van der Waals surface area contributed by atoms with Gasteiger partial charge in [-0.25, -0.2) is 9.18 Å². The molecule has 0 aliphatic carbocycles. The van der Waals surface area contributed by atoms with Gasteiger partial charge >= 0.3 is 6.09 Å². The molecule has 148 valence electrons. The summed E-state index contributed by atoms with van der Waals surface area (Å²) < 4.78 is 20.6. The molecule has 4 nitrogen and oxygen atoms in total. The third kappa shape index (κ3) is 4.09. The molecular weight excluding hydrogens is 369 g/mol. The number of carbonyl (C=O) groups is 1. The van der Waals surface area contributed by atoms with Crippen LogP contribution in [0.3, 0.4) is 0 Å². The Bertz CT molecular complexity index is 1040. The Morgan fingerprint density at radius 1 is 1.14 bits per heavy atom. The molecule has 4 rings (SSSR count). The van der Waals surface area contributed by atoms with Gasteiger partial charge in [0.25, 0.3) is 0 Å². The molecule has 2 unspecified atom stereocenters. The highest BCUT2D eigenvalue weighted by atomic mass is 19.1. The molecule has 0 saturated heterocycles. The summed E-state index contributed by atoms with van der Waals surface area (Å²) in [5, 5.41) is 11.9. The van der Waals surface area contributed by atoms with Crippen LogP contribution in [0.4, 0.5) is 9.18 Å². The van der Waals surface area contributed by atoms with Crippen molar-refractivity contribution in [1.29, 1.82) is 0 Å². The van der Waals surface area contributed by atoms with Crippen molar-refractivity contribution in [2.24, 2.45) is 0 Å². The van der Waals surface area contributed by atoms with Gasteiger partial charge in [0, 0.05) is 17.5 Å². The van der Waals surface area contributed by atoms with E-state index in [1.165, 1.54) is 12.1 Å². The van der Waals surface area contributed by atoms with E-state index in [0.717, 1.165) is 22.3 Å². The molecule has 2 N–H and O–H groups in total. The summed E-state index contributed by atoms with van der Waals surface area (Å²) in [6.45, 7) is 1.98. The van der Waals surface area contributed by atoms with Gasteiger partial charge in [0.05, 0.1) is 6.04 Å². The number of benzene rings is 3. The number of fused-ring (bicyclic) bond motifs is 1. The molecular formula is C24H22FNO3. The highest BCUT2D eigenvalue weighted by Crippen LogP contribution is 2.41. The Kier molecular flexibility index (Phi) is 5.21. The number of aryl methyl sites for hydroxylation is 1. The highest BCUT2D eigenvalue weighted by Gasteiger charge is 2.34. The lowest BCUT2D eigenvalue weighted by Gasteiger charge is -2.24. The Morgan fingerprint density at radius 3 is 2.59 bits per heavy atom. The molecule has 0 saturated carbocycles. The lowest BCUT2D eigenvalue weighted by Crippen LogP contribution is -2.46. The number of hydrogen-bond donors (Lipinski definition) is 2. The van der Waals surface area contributed by atoms with Crippen LogP contribution in [0.1, 0.15) is 16.7 Å². The topological polar surface area (TPSA) is 58.6 Å². The molecule has 0 fully saturated rings. The van der Waals surface area contributed by atoms with Crippen LogP contribution in [0, 0.1) is 12.7 Å². The predicted molar refractivity (Wildman–Crippen MR) is 110 cm³/mol. The summed E-state index contributed by atoms with van der Waals surface area (Å²) >= 11 is 0. The van der Waals surface area contributed by atoms with Crippen molar-refractivity contribution in [3.8, 4) is 16.9 Å². The first-order chi connectivity index (χ1) is 14.0. The smallest absolute Gasteiger partial charge is 0.405 e. The van der Waals surface area contributed by atoms with Crippen molar-refractivity contribution >= 4 is 6.09 Å². The quantitative estimate of drug-likeness (QED) is 0.645. The monoisotopic (exact) mass is 391 g/mol. The molecule has 3 aromatic carbocycles. The second kappa shape index (κ2) is 7.95. The second-order valence-corrected chi connectivity index (χ2v) is 7.36. The first kappa shape index (κ1) is 19.0. The minimum atomic E-state index is -1.10. The lowest BCUT2D eigenvalue weighted by molar-refractivity contribution is 0.154.